The standard InChI is InChI=1S/C10H9FN2S.Na/c1-7-4-9(11)3-2-8(7)5-10(14)13-6-12;/h2-4H,5H2,1H3,(H,13,14);/q;+1/p-1. The number of aryl methyl sites for hydroxylation is 1. The fourth-order valence-electron chi connectivity index (χ4n) is 1.12. The number of nitriles is 1. The minimum atomic E-state index is -0.269. The number of benzene rings is 1. The van der Waals surface area contributed by atoms with E-state index >= 15 is 0 Å². The van der Waals surface area contributed by atoms with Gasteiger partial charge in [0.1, 0.15) is 5.82 Å². The Morgan fingerprint density at radius 3 is 2.80 bits per heavy atom. The molecule has 0 aliphatic carbocycles. The molecule has 0 N–H and O–H groups in total. The molecule has 0 spiro atoms. The normalized spacial score (nSPS) is 10.3. The quantitative estimate of drug-likeness (QED) is 0.217. The predicted octanol–water partition coefficient (Wildman–Crippen LogP) is -0.893. The zero-order chi connectivity index (χ0) is 10.6. The molecule has 15 heavy (non-hydrogen) atoms. The molecule has 0 unspecified atom stereocenters. The third kappa shape index (κ3) is 4.72. The van der Waals surface area contributed by atoms with Crippen molar-refractivity contribution in [2.75, 3.05) is 0 Å². The average molecular weight is 230 g/mol. The topological polar surface area (TPSA) is 36.1 Å². The molecule has 0 aromatic heterocycles. The molecule has 0 saturated carbocycles. The van der Waals surface area contributed by atoms with Crippen molar-refractivity contribution in [3.63, 3.8) is 0 Å². The first-order valence-electron chi connectivity index (χ1n) is 4.01. The first-order chi connectivity index (χ1) is 6.63. The van der Waals surface area contributed by atoms with Crippen LogP contribution in [-0.4, -0.2) is 5.04 Å². The van der Waals surface area contributed by atoms with Crippen molar-refractivity contribution in [1.82, 2.24) is 0 Å². The van der Waals surface area contributed by atoms with E-state index in [0.29, 0.717) is 11.5 Å². The Bertz CT molecular complexity index is 412. The van der Waals surface area contributed by atoms with Gasteiger partial charge in [-0.15, -0.1) is 0 Å². The fourth-order valence-corrected chi connectivity index (χ4v) is 1.31. The number of halogens is 1. The van der Waals surface area contributed by atoms with Crippen LogP contribution in [0.5, 0.6) is 0 Å². The fraction of sp³-hybridized carbons (Fsp3) is 0.200. The van der Waals surface area contributed by atoms with Gasteiger partial charge in [-0.3, -0.25) is 0 Å². The van der Waals surface area contributed by atoms with Crippen LogP contribution in [0.1, 0.15) is 11.1 Å². The van der Waals surface area contributed by atoms with Crippen molar-refractivity contribution in [3.8, 4) is 6.19 Å². The number of aliphatic imine (C=N–C) groups is 1. The molecule has 0 bridgehead atoms. The number of hydrogen-bond acceptors (Lipinski definition) is 3. The summed E-state index contributed by atoms with van der Waals surface area (Å²) >= 11 is 4.84. The average Bonchev–Trinajstić information content (AvgIpc) is 2.10. The molecule has 0 heterocycles. The Kier molecular flexibility index (Phi) is 6.70. The van der Waals surface area contributed by atoms with Gasteiger partial charge in [0.25, 0.3) is 0 Å². The van der Waals surface area contributed by atoms with E-state index in [1.807, 2.05) is 0 Å². The maximum atomic E-state index is 12.7. The number of nitrogens with zero attached hydrogens (tertiary/aromatic N) is 2. The Morgan fingerprint density at radius 1 is 1.60 bits per heavy atom. The van der Waals surface area contributed by atoms with Crippen LogP contribution in [0.2, 0.25) is 0 Å². The summed E-state index contributed by atoms with van der Waals surface area (Å²) in [6.45, 7) is 1.80. The van der Waals surface area contributed by atoms with Gasteiger partial charge in [-0.05, 0) is 36.6 Å². The van der Waals surface area contributed by atoms with Crippen molar-refractivity contribution in [2.45, 2.75) is 13.3 Å². The van der Waals surface area contributed by atoms with Crippen molar-refractivity contribution in [1.29, 1.82) is 5.26 Å². The van der Waals surface area contributed by atoms with E-state index in [2.05, 4.69) is 4.99 Å². The van der Waals surface area contributed by atoms with E-state index in [4.69, 9.17) is 17.9 Å². The molecule has 72 valence electrons. The third-order valence-electron chi connectivity index (χ3n) is 1.82. The largest absolute Gasteiger partial charge is 1.00 e. The second-order valence-electron chi connectivity index (χ2n) is 2.85. The van der Waals surface area contributed by atoms with Gasteiger partial charge >= 0.3 is 29.6 Å². The van der Waals surface area contributed by atoms with Crippen LogP contribution >= 0.6 is 0 Å². The Morgan fingerprint density at radius 2 is 2.27 bits per heavy atom. The molecule has 1 rings (SSSR count). The van der Waals surface area contributed by atoms with Gasteiger partial charge in [0.15, 0.2) is 0 Å². The first kappa shape index (κ1) is 14.5. The van der Waals surface area contributed by atoms with Gasteiger partial charge in [-0.25, -0.2) is 9.38 Å². The van der Waals surface area contributed by atoms with E-state index in [-0.39, 0.29) is 35.4 Å². The van der Waals surface area contributed by atoms with Crippen LogP contribution in [0, 0.1) is 24.2 Å². The van der Waals surface area contributed by atoms with Crippen LogP contribution in [0.3, 0.4) is 0 Å². The molecule has 1 aromatic rings. The Labute approximate surface area is 116 Å². The Balaban J connectivity index is 0.00000196. The molecule has 0 saturated heterocycles. The maximum absolute atomic E-state index is 12.7. The summed E-state index contributed by atoms with van der Waals surface area (Å²) in [5.74, 6) is -0.269. The van der Waals surface area contributed by atoms with Gasteiger partial charge in [-0.1, -0.05) is 11.1 Å². The van der Waals surface area contributed by atoms with Gasteiger partial charge in [0.05, 0.1) is 0 Å². The molecule has 0 fully saturated rings. The molecular formula is C10H8FN2NaS. The summed E-state index contributed by atoms with van der Waals surface area (Å²) in [7, 11) is 0. The second-order valence-corrected chi connectivity index (χ2v) is 3.32. The van der Waals surface area contributed by atoms with Crippen LogP contribution in [0.4, 0.5) is 4.39 Å². The van der Waals surface area contributed by atoms with Crippen molar-refractivity contribution in [2.24, 2.45) is 4.99 Å². The first-order valence-corrected chi connectivity index (χ1v) is 4.42. The van der Waals surface area contributed by atoms with Crippen LogP contribution in [0.25, 0.3) is 0 Å². The summed E-state index contributed by atoms with van der Waals surface area (Å²) in [6, 6.07) is 4.46. The van der Waals surface area contributed by atoms with E-state index in [0.717, 1.165) is 11.1 Å². The second kappa shape index (κ2) is 6.91. The Hall–Kier alpha value is -0.470. The van der Waals surface area contributed by atoms with Crippen LogP contribution in [-0.2, 0) is 19.0 Å². The van der Waals surface area contributed by atoms with Crippen molar-refractivity contribution >= 4 is 17.7 Å². The monoisotopic (exact) mass is 230 g/mol. The minimum absolute atomic E-state index is 0. The summed E-state index contributed by atoms with van der Waals surface area (Å²) < 4.78 is 12.7. The summed E-state index contributed by atoms with van der Waals surface area (Å²) in [5, 5.41) is 8.59. The smallest absolute Gasteiger partial charge is 0.763 e. The third-order valence-corrected chi connectivity index (χ3v) is 2.06. The summed E-state index contributed by atoms with van der Waals surface area (Å²) in [4.78, 5) is 3.43. The summed E-state index contributed by atoms with van der Waals surface area (Å²) in [6.07, 6.45) is 2.04. The molecule has 2 nitrogen and oxygen atoms in total. The molecule has 5 heteroatoms. The van der Waals surface area contributed by atoms with Gasteiger partial charge in [0, 0.05) is 0 Å². The minimum Gasteiger partial charge on any atom is -0.763 e. The zero-order valence-corrected chi connectivity index (χ0v) is 11.4. The van der Waals surface area contributed by atoms with Gasteiger partial charge in [-0.2, -0.15) is 5.26 Å². The van der Waals surface area contributed by atoms with Crippen molar-refractivity contribution in [3.05, 3.63) is 35.1 Å². The predicted molar refractivity (Wildman–Crippen MR) is 55.3 cm³/mol. The molecule has 0 atom stereocenters. The van der Waals surface area contributed by atoms with Gasteiger partial charge < -0.3 is 12.6 Å². The molecular weight excluding hydrogens is 222 g/mol. The van der Waals surface area contributed by atoms with E-state index in [1.54, 1.807) is 19.2 Å². The van der Waals surface area contributed by atoms with Crippen LogP contribution in [0.15, 0.2) is 23.2 Å². The number of hydrogen-bond donors (Lipinski definition) is 0. The molecule has 0 aliphatic heterocycles. The zero-order valence-electron chi connectivity index (χ0n) is 8.62. The van der Waals surface area contributed by atoms with E-state index in [1.165, 1.54) is 12.1 Å². The van der Waals surface area contributed by atoms with E-state index in [9.17, 15) is 4.39 Å². The maximum Gasteiger partial charge on any atom is 1.00 e. The summed E-state index contributed by atoms with van der Waals surface area (Å²) in [5.41, 5.74) is 1.72. The van der Waals surface area contributed by atoms with Gasteiger partial charge in [0.2, 0.25) is 6.19 Å². The SMILES string of the molecule is Cc1cc(F)ccc1CC([S-])=NC#N.[Na+]. The van der Waals surface area contributed by atoms with Crippen molar-refractivity contribution < 1.29 is 33.9 Å². The molecule has 0 radical (unpaired) electrons. The van der Waals surface area contributed by atoms with E-state index < -0.39 is 0 Å². The number of rotatable bonds is 2. The molecule has 1 aromatic carbocycles. The molecule has 0 amide bonds. The van der Waals surface area contributed by atoms with Crippen LogP contribution < -0.4 is 29.6 Å². The molecule has 0 aliphatic rings.